The lowest BCUT2D eigenvalue weighted by molar-refractivity contribution is 0.336. The molecule has 3 heterocycles. The molecule has 0 spiro atoms. The molecule has 3 aromatic rings. The first kappa shape index (κ1) is 12.7. The fourth-order valence-electron chi connectivity index (χ4n) is 1.67. The summed E-state index contributed by atoms with van der Waals surface area (Å²) in [6.07, 6.45) is 3.25. The molecule has 0 amide bonds. The second-order valence-electron chi connectivity index (χ2n) is 4.33. The van der Waals surface area contributed by atoms with Gasteiger partial charge in [-0.3, -0.25) is 4.68 Å². The van der Waals surface area contributed by atoms with Crippen molar-refractivity contribution in [3.63, 3.8) is 0 Å². The molecule has 0 saturated heterocycles. The van der Waals surface area contributed by atoms with Gasteiger partial charge in [0, 0.05) is 6.20 Å². The van der Waals surface area contributed by atoms with E-state index in [2.05, 4.69) is 25.4 Å². The molecule has 0 radical (unpaired) electrons. The molecule has 3 rings (SSSR count). The fourth-order valence-corrected chi connectivity index (χ4v) is 1.81. The van der Waals surface area contributed by atoms with E-state index in [1.54, 1.807) is 23.1 Å². The molecule has 0 bridgehead atoms. The van der Waals surface area contributed by atoms with Crippen molar-refractivity contribution in [1.29, 1.82) is 0 Å². The number of halogens is 1. The molecule has 8 heteroatoms. The topological polar surface area (TPSA) is 82.5 Å². The van der Waals surface area contributed by atoms with Crippen molar-refractivity contribution in [1.82, 2.24) is 30.1 Å². The SMILES string of the molecule is Cc1ccc(-c2noc([C@H](C)n3cc(Cl)cn3)n2)nn1. The van der Waals surface area contributed by atoms with Gasteiger partial charge in [-0.05, 0) is 26.0 Å². The Balaban J connectivity index is 1.88. The molecule has 0 saturated carbocycles. The zero-order valence-corrected chi connectivity index (χ0v) is 11.6. The minimum Gasteiger partial charge on any atom is -0.337 e. The lowest BCUT2D eigenvalue weighted by Gasteiger charge is -2.05. The molecule has 3 aromatic heterocycles. The van der Waals surface area contributed by atoms with Gasteiger partial charge in [0.1, 0.15) is 11.7 Å². The van der Waals surface area contributed by atoms with Gasteiger partial charge in [0.2, 0.25) is 5.82 Å². The van der Waals surface area contributed by atoms with Crippen molar-refractivity contribution in [3.05, 3.63) is 41.1 Å². The van der Waals surface area contributed by atoms with E-state index >= 15 is 0 Å². The van der Waals surface area contributed by atoms with Crippen LogP contribution in [0.1, 0.15) is 24.6 Å². The molecular weight excluding hydrogens is 280 g/mol. The number of rotatable bonds is 3. The van der Waals surface area contributed by atoms with Crippen LogP contribution >= 0.6 is 11.6 Å². The van der Waals surface area contributed by atoms with Crippen molar-refractivity contribution < 1.29 is 4.52 Å². The van der Waals surface area contributed by atoms with Crippen molar-refractivity contribution >= 4 is 11.6 Å². The van der Waals surface area contributed by atoms with Crippen LogP contribution in [0.5, 0.6) is 0 Å². The third-order valence-electron chi connectivity index (χ3n) is 2.79. The number of aromatic nitrogens is 6. The van der Waals surface area contributed by atoms with Crippen molar-refractivity contribution in [2.75, 3.05) is 0 Å². The number of hydrogen-bond acceptors (Lipinski definition) is 6. The summed E-state index contributed by atoms with van der Waals surface area (Å²) in [5.41, 5.74) is 1.40. The van der Waals surface area contributed by atoms with Crippen LogP contribution in [0.4, 0.5) is 0 Å². The highest BCUT2D eigenvalue weighted by Gasteiger charge is 2.18. The first-order valence-corrected chi connectivity index (χ1v) is 6.35. The highest BCUT2D eigenvalue weighted by atomic mass is 35.5. The van der Waals surface area contributed by atoms with Gasteiger partial charge < -0.3 is 4.52 Å². The van der Waals surface area contributed by atoms with Gasteiger partial charge in [-0.2, -0.15) is 15.2 Å². The molecular formula is C12H11ClN6O. The summed E-state index contributed by atoms with van der Waals surface area (Å²) in [4.78, 5) is 4.31. The van der Waals surface area contributed by atoms with Crippen molar-refractivity contribution in [2.45, 2.75) is 19.9 Å². The highest BCUT2D eigenvalue weighted by molar-refractivity contribution is 6.30. The average molecular weight is 291 g/mol. The Bertz CT molecular complexity index is 720. The van der Waals surface area contributed by atoms with Crippen LogP contribution in [0.15, 0.2) is 29.0 Å². The van der Waals surface area contributed by atoms with Crippen molar-refractivity contribution in [3.8, 4) is 11.5 Å². The minimum atomic E-state index is -0.206. The first-order valence-electron chi connectivity index (χ1n) is 5.97. The van der Waals surface area contributed by atoms with Crippen molar-refractivity contribution in [2.24, 2.45) is 0 Å². The maximum Gasteiger partial charge on any atom is 0.251 e. The first-order chi connectivity index (χ1) is 9.63. The van der Waals surface area contributed by atoms with Gasteiger partial charge in [0.25, 0.3) is 5.89 Å². The number of hydrogen-bond donors (Lipinski definition) is 0. The zero-order valence-electron chi connectivity index (χ0n) is 10.9. The van der Waals surface area contributed by atoms with Crippen LogP contribution in [0.25, 0.3) is 11.5 Å². The summed E-state index contributed by atoms with van der Waals surface area (Å²) in [5, 5.41) is 16.6. The summed E-state index contributed by atoms with van der Waals surface area (Å²) < 4.78 is 6.90. The summed E-state index contributed by atoms with van der Waals surface area (Å²) in [6.45, 7) is 3.75. The Morgan fingerprint density at radius 1 is 1.30 bits per heavy atom. The molecule has 0 unspecified atom stereocenters. The Kier molecular flexibility index (Phi) is 3.19. The van der Waals surface area contributed by atoms with Crippen LogP contribution in [0.2, 0.25) is 5.02 Å². The molecule has 20 heavy (non-hydrogen) atoms. The maximum absolute atomic E-state index is 5.84. The maximum atomic E-state index is 5.84. The van der Waals surface area contributed by atoms with Crippen LogP contribution in [-0.2, 0) is 0 Å². The Morgan fingerprint density at radius 2 is 2.15 bits per heavy atom. The van der Waals surface area contributed by atoms with E-state index in [4.69, 9.17) is 16.1 Å². The number of aryl methyl sites for hydroxylation is 1. The van der Waals surface area contributed by atoms with E-state index in [0.29, 0.717) is 22.4 Å². The average Bonchev–Trinajstić information content (AvgIpc) is 3.08. The predicted octanol–water partition coefficient (Wildman–Crippen LogP) is 2.29. The van der Waals surface area contributed by atoms with Crippen LogP contribution in [-0.4, -0.2) is 30.1 Å². The third-order valence-corrected chi connectivity index (χ3v) is 2.99. The van der Waals surface area contributed by atoms with Gasteiger partial charge >= 0.3 is 0 Å². The van der Waals surface area contributed by atoms with E-state index in [0.717, 1.165) is 5.69 Å². The quantitative estimate of drug-likeness (QED) is 0.736. The summed E-state index contributed by atoms with van der Waals surface area (Å²) in [5.74, 6) is 0.833. The summed E-state index contributed by atoms with van der Waals surface area (Å²) >= 11 is 5.84. The monoisotopic (exact) mass is 290 g/mol. The van der Waals surface area contributed by atoms with E-state index in [9.17, 15) is 0 Å². The predicted molar refractivity (Wildman–Crippen MR) is 71.1 cm³/mol. The molecule has 0 aliphatic rings. The fraction of sp³-hybridized carbons (Fsp3) is 0.250. The van der Waals surface area contributed by atoms with Gasteiger partial charge in [-0.1, -0.05) is 16.8 Å². The smallest absolute Gasteiger partial charge is 0.251 e. The molecule has 7 nitrogen and oxygen atoms in total. The van der Waals surface area contributed by atoms with E-state index in [1.165, 1.54) is 0 Å². The van der Waals surface area contributed by atoms with E-state index in [-0.39, 0.29) is 6.04 Å². The van der Waals surface area contributed by atoms with Crippen LogP contribution in [0.3, 0.4) is 0 Å². The summed E-state index contributed by atoms with van der Waals surface area (Å²) in [6, 6.07) is 3.43. The lowest BCUT2D eigenvalue weighted by atomic mass is 10.3. The molecule has 102 valence electrons. The number of nitrogens with zero attached hydrogens (tertiary/aromatic N) is 6. The third kappa shape index (κ3) is 2.39. The van der Waals surface area contributed by atoms with Crippen LogP contribution in [0, 0.1) is 6.92 Å². The standard InChI is InChI=1S/C12H11ClN6O/c1-7-3-4-10(17-16-7)11-15-12(20-18-11)8(2)19-6-9(13)5-14-19/h3-6,8H,1-2H3/t8-/m0/s1. The molecule has 0 fully saturated rings. The second kappa shape index (κ2) is 5.01. The van der Waals surface area contributed by atoms with E-state index in [1.807, 2.05) is 19.9 Å². The minimum absolute atomic E-state index is 0.206. The lowest BCUT2D eigenvalue weighted by Crippen LogP contribution is -2.07. The summed E-state index contributed by atoms with van der Waals surface area (Å²) in [7, 11) is 0. The molecule has 0 aliphatic heterocycles. The Hall–Kier alpha value is -2.28. The Morgan fingerprint density at radius 3 is 2.80 bits per heavy atom. The van der Waals surface area contributed by atoms with Gasteiger partial charge in [-0.25, -0.2) is 0 Å². The van der Waals surface area contributed by atoms with Gasteiger partial charge in [0.05, 0.1) is 16.9 Å². The zero-order chi connectivity index (χ0) is 14.1. The molecule has 0 aliphatic carbocycles. The molecule has 0 N–H and O–H groups in total. The molecule has 0 aromatic carbocycles. The molecule has 1 atom stereocenters. The highest BCUT2D eigenvalue weighted by Crippen LogP contribution is 2.20. The van der Waals surface area contributed by atoms with Crippen LogP contribution < -0.4 is 0 Å². The van der Waals surface area contributed by atoms with E-state index < -0.39 is 0 Å². The van der Waals surface area contributed by atoms with Gasteiger partial charge in [-0.15, -0.1) is 5.10 Å². The second-order valence-corrected chi connectivity index (χ2v) is 4.77. The normalized spacial score (nSPS) is 12.6. The largest absolute Gasteiger partial charge is 0.337 e. The van der Waals surface area contributed by atoms with Gasteiger partial charge in [0.15, 0.2) is 0 Å². The Labute approximate surface area is 119 Å².